The van der Waals surface area contributed by atoms with Gasteiger partial charge in [-0.1, -0.05) is 19.1 Å². The van der Waals surface area contributed by atoms with Gasteiger partial charge in [-0.05, 0) is 31.9 Å². The summed E-state index contributed by atoms with van der Waals surface area (Å²) in [6.45, 7) is 8.55. The van der Waals surface area contributed by atoms with Crippen LogP contribution in [0, 0.1) is 6.92 Å². The number of ether oxygens (including phenoxy) is 1. The van der Waals surface area contributed by atoms with Crippen molar-refractivity contribution in [3.63, 3.8) is 0 Å². The molecule has 0 atom stereocenters. The molecule has 0 bridgehead atoms. The summed E-state index contributed by atoms with van der Waals surface area (Å²) in [5.41, 5.74) is 2.36. The monoisotopic (exact) mass is 391 g/mol. The highest BCUT2D eigenvalue weighted by Gasteiger charge is 2.05. The summed E-state index contributed by atoms with van der Waals surface area (Å²) in [7, 11) is 1.77. The smallest absolute Gasteiger partial charge is 0.191 e. The van der Waals surface area contributed by atoms with Crippen LogP contribution in [-0.4, -0.2) is 26.2 Å². The summed E-state index contributed by atoms with van der Waals surface area (Å²) in [6, 6.07) is 6.29. The molecule has 0 amide bonds. The maximum Gasteiger partial charge on any atom is 0.191 e. The summed E-state index contributed by atoms with van der Waals surface area (Å²) >= 11 is 0. The second-order valence-electron chi connectivity index (χ2n) is 4.42. The molecule has 0 aliphatic heterocycles. The van der Waals surface area contributed by atoms with Crippen LogP contribution in [0.5, 0.6) is 5.75 Å². The number of halogens is 1. The first-order valence-electron chi connectivity index (χ1n) is 6.88. The fourth-order valence-electron chi connectivity index (χ4n) is 1.72. The summed E-state index contributed by atoms with van der Waals surface area (Å²) in [4.78, 5) is 4.16. The molecule has 4 nitrogen and oxygen atoms in total. The lowest BCUT2D eigenvalue weighted by molar-refractivity contribution is 0.313. The lowest BCUT2D eigenvalue weighted by Gasteiger charge is -2.14. The van der Waals surface area contributed by atoms with E-state index in [1.54, 1.807) is 7.05 Å². The van der Waals surface area contributed by atoms with Crippen LogP contribution in [0.4, 0.5) is 0 Å². The summed E-state index contributed by atoms with van der Waals surface area (Å²) in [5, 5.41) is 6.46. The highest BCUT2D eigenvalue weighted by atomic mass is 127. The Morgan fingerprint density at radius 1 is 1.25 bits per heavy atom. The van der Waals surface area contributed by atoms with Crippen molar-refractivity contribution < 1.29 is 4.74 Å². The van der Waals surface area contributed by atoms with Crippen molar-refractivity contribution in [2.75, 3.05) is 20.2 Å². The van der Waals surface area contributed by atoms with E-state index in [9.17, 15) is 0 Å². The van der Waals surface area contributed by atoms with Crippen LogP contribution >= 0.6 is 24.0 Å². The quantitative estimate of drug-likeness (QED) is 0.445. The maximum absolute atomic E-state index is 5.79. The van der Waals surface area contributed by atoms with E-state index >= 15 is 0 Å². The molecule has 1 aromatic rings. The van der Waals surface area contributed by atoms with Gasteiger partial charge in [0.15, 0.2) is 5.96 Å². The summed E-state index contributed by atoms with van der Waals surface area (Å²) in [6.07, 6.45) is 1.01. The van der Waals surface area contributed by atoms with Gasteiger partial charge >= 0.3 is 0 Å². The Labute approximate surface area is 139 Å². The van der Waals surface area contributed by atoms with Gasteiger partial charge in [0.25, 0.3) is 0 Å². The van der Waals surface area contributed by atoms with Gasteiger partial charge in [-0.15, -0.1) is 24.0 Å². The van der Waals surface area contributed by atoms with E-state index in [1.165, 1.54) is 5.56 Å². The molecule has 5 heteroatoms. The van der Waals surface area contributed by atoms with Crippen molar-refractivity contribution in [3.05, 3.63) is 29.3 Å². The molecule has 0 aliphatic rings. The molecule has 0 saturated heterocycles. The average Bonchev–Trinajstić information content (AvgIpc) is 2.42. The SMILES string of the molecule is CCCOc1cc(C)ccc1CNC(=NC)NCC.I. The molecule has 0 aliphatic carbocycles. The first-order chi connectivity index (χ1) is 9.21. The first-order valence-corrected chi connectivity index (χ1v) is 6.88. The normalized spacial score (nSPS) is 10.7. The highest BCUT2D eigenvalue weighted by molar-refractivity contribution is 14.0. The predicted octanol–water partition coefficient (Wildman–Crippen LogP) is 3.09. The molecule has 1 rings (SSSR count). The lowest BCUT2D eigenvalue weighted by atomic mass is 10.1. The second-order valence-corrected chi connectivity index (χ2v) is 4.42. The number of aryl methyl sites for hydroxylation is 1. The standard InChI is InChI=1S/C15H25N3O.HI/c1-5-9-19-14-10-12(3)7-8-13(14)11-18-15(16-4)17-6-2;/h7-8,10H,5-6,9,11H2,1-4H3,(H2,16,17,18);1H. The molecule has 1 aromatic carbocycles. The minimum atomic E-state index is 0. The van der Waals surface area contributed by atoms with Gasteiger partial charge in [-0.2, -0.15) is 0 Å². The number of aliphatic imine (C=N–C) groups is 1. The molecule has 0 spiro atoms. The van der Waals surface area contributed by atoms with Crippen molar-refractivity contribution in [2.45, 2.75) is 33.7 Å². The lowest BCUT2D eigenvalue weighted by Crippen LogP contribution is -2.36. The largest absolute Gasteiger partial charge is 0.493 e. The molecule has 2 N–H and O–H groups in total. The third-order valence-corrected chi connectivity index (χ3v) is 2.70. The fourth-order valence-corrected chi connectivity index (χ4v) is 1.72. The zero-order valence-electron chi connectivity index (χ0n) is 12.8. The Morgan fingerprint density at radius 3 is 2.60 bits per heavy atom. The van der Waals surface area contributed by atoms with Crippen LogP contribution < -0.4 is 15.4 Å². The third kappa shape index (κ3) is 6.45. The number of benzene rings is 1. The topological polar surface area (TPSA) is 45.6 Å². The van der Waals surface area contributed by atoms with Crippen molar-refractivity contribution in [2.24, 2.45) is 4.99 Å². The maximum atomic E-state index is 5.79. The molecular formula is C15H26IN3O. The molecule has 0 radical (unpaired) electrons. The van der Waals surface area contributed by atoms with Crippen LogP contribution in [0.1, 0.15) is 31.4 Å². The number of hydrogen-bond donors (Lipinski definition) is 2. The summed E-state index contributed by atoms with van der Waals surface area (Å²) < 4.78 is 5.79. The van der Waals surface area contributed by atoms with Crippen LogP contribution in [-0.2, 0) is 6.54 Å². The van der Waals surface area contributed by atoms with E-state index < -0.39 is 0 Å². The van der Waals surface area contributed by atoms with E-state index in [-0.39, 0.29) is 24.0 Å². The van der Waals surface area contributed by atoms with Crippen molar-refractivity contribution in [1.82, 2.24) is 10.6 Å². The molecule has 0 unspecified atom stereocenters. The number of nitrogens with one attached hydrogen (secondary N) is 2. The van der Waals surface area contributed by atoms with Crippen molar-refractivity contribution in [1.29, 1.82) is 0 Å². The van der Waals surface area contributed by atoms with Gasteiger partial charge in [0.1, 0.15) is 5.75 Å². The van der Waals surface area contributed by atoms with Crippen LogP contribution in [0.15, 0.2) is 23.2 Å². The Hall–Kier alpha value is -0.980. The molecular weight excluding hydrogens is 365 g/mol. The number of nitrogens with zero attached hydrogens (tertiary/aromatic N) is 1. The molecule has 0 saturated carbocycles. The number of guanidine groups is 1. The van der Waals surface area contributed by atoms with E-state index in [4.69, 9.17) is 4.74 Å². The molecule has 0 heterocycles. The van der Waals surface area contributed by atoms with E-state index in [0.29, 0.717) is 6.54 Å². The Morgan fingerprint density at radius 2 is 2.00 bits per heavy atom. The number of hydrogen-bond acceptors (Lipinski definition) is 2. The van der Waals surface area contributed by atoms with Gasteiger partial charge in [0.05, 0.1) is 6.61 Å². The third-order valence-electron chi connectivity index (χ3n) is 2.70. The van der Waals surface area contributed by atoms with Gasteiger partial charge in [0, 0.05) is 25.7 Å². The van der Waals surface area contributed by atoms with Crippen LogP contribution in [0.2, 0.25) is 0 Å². The van der Waals surface area contributed by atoms with Crippen LogP contribution in [0.25, 0.3) is 0 Å². The Bertz CT molecular complexity index is 422. The zero-order chi connectivity index (χ0) is 14.1. The Balaban J connectivity index is 0.00000361. The molecule has 0 aromatic heterocycles. The second kappa shape index (κ2) is 10.8. The number of rotatable bonds is 6. The molecule has 114 valence electrons. The molecule has 20 heavy (non-hydrogen) atoms. The molecule has 0 fully saturated rings. The highest BCUT2D eigenvalue weighted by Crippen LogP contribution is 2.20. The van der Waals surface area contributed by atoms with E-state index in [2.05, 4.69) is 54.6 Å². The Kier molecular flexibility index (Phi) is 10.2. The van der Waals surface area contributed by atoms with Crippen LogP contribution in [0.3, 0.4) is 0 Å². The van der Waals surface area contributed by atoms with E-state index in [1.807, 2.05) is 0 Å². The minimum Gasteiger partial charge on any atom is -0.493 e. The predicted molar refractivity (Wildman–Crippen MR) is 96.3 cm³/mol. The fraction of sp³-hybridized carbons (Fsp3) is 0.533. The van der Waals surface area contributed by atoms with E-state index in [0.717, 1.165) is 36.8 Å². The first kappa shape index (κ1) is 19.0. The van der Waals surface area contributed by atoms with Gasteiger partial charge in [0.2, 0.25) is 0 Å². The van der Waals surface area contributed by atoms with Gasteiger partial charge in [-0.3, -0.25) is 4.99 Å². The zero-order valence-corrected chi connectivity index (χ0v) is 15.2. The van der Waals surface area contributed by atoms with Gasteiger partial charge in [-0.25, -0.2) is 0 Å². The summed E-state index contributed by atoms with van der Waals surface area (Å²) in [5.74, 6) is 1.77. The minimum absolute atomic E-state index is 0. The van der Waals surface area contributed by atoms with Crippen molar-refractivity contribution >= 4 is 29.9 Å². The van der Waals surface area contributed by atoms with Crippen molar-refractivity contribution in [3.8, 4) is 5.75 Å². The van der Waals surface area contributed by atoms with Gasteiger partial charge < -0.3 is 15.4 Å². The average molecular weight is 391 g/mol.